The van der Waals surface area contributed by atoms with Gasteiger partial charge in [-0.1, -0.05) is 0 Å². The standard InChI is InChI=1S/C20H30O3/c1-3-5-11-19(17-13-7-9-15-21-17)23-20(12-6-4-2)18-14-8-10-16-22-18/h1-2,17-20H,5-16H2. The molecule has 2 aliphatic heterocycles. The van der Waals surface area contributed by atoms with Gasteiger partial charge in [0.15, 0.2) is 0 Å². The van der Waals surface area contributed by atoms with Gasteiger partial charge in [0, 0.05) is 26.1 Å². The van der Waals surface area contributed by atoms with Crippen LogP contribution in [0.1, 0.15) is 64.2 Å². The van der Waals surface area contributed by atoms with Gasteiger partial charge >= 0.3 is 0 Å². The Kier molecular flexibility index (Phi) is 8.54. The molecular weight excluding hydrogens is 288 g/mol. The quantitative estimate of drug-likeness (QED) is 0.639. The zero-order valence-electron chi connectivity index (χ0n) is 14.2. The number of hydrogen-bond acceptors (Lipinski definition) is 3. The molecule has 0 amide bonds. The van der Waals surface area contributed by atoms with Gasteiger partial charge in [0.1, 0.15) is 0 Å². The molecule has 128 valence electrons. The van der Waals surface area contributed by atoms with Crippen LogP contribution in [0, 0.1) is 24.7 Å². The average molecular weight is 318 g/mol. The van der Waals surface area contributed by atoms with E-state index in [2.05, 4.69) is 11.8 Å². The van der Waals surface area contributed by atoms with Crippen molar-refractivity contribution in [3.63, 3.8) is 0 Å². The third kappa shape index (κ3) is 6.19. The first kappa shape index (κ1) is 18.3. The van der Waals surface area contributed by atoms with Gasteiger partial charge in [0.05, 0.1) is 24.4 Å². The van der Waals surface area contributed by atoms with Gasteiger partial charge in [0.25, 0.3) is 0 Å². The molecule has 0 aromatic rings. The van der Waals surface area contributed by atoms with Gasteiger partial charge < -0.3 is 14.2 Å². The smallest absolute Gasteiger partial charge is 0.0850 e. The maximum absolute atomic E-state index is 6.49. The lowest BCUT2D eigenvalue weighted by Gasteiger charge is -2.37. The molecule has 0 aliphatic carbocycles. The highest BCUT2D eigenvalue weighted by Crippen LogP contribution is 2.27. The van der Waals surface area contributed by atoms with Crippen LogP contribution in [0.5, 0.6) is 0 Å². The molecule has 23 heavy (non-hydrogen) atoms. The van der Waals surface area contributed by atoms with Crippen molar-refractivity contribution in [3.05, 3.63) is 0 Å². The minimum Gasteiger partial charge on any atom is -0.376 e. The highest BCUT2D eigenvalue weighted by atomic mass is 16.6. The average Bonchev–Trinajstić information content (AvgIpc) is 2.62. The lowest BCUT2D eigenvalue weighted by molar-refractivity contribution is -0.161. The molecule has 0 aromatic carbocycles. The van der Waals surface area contributed by atoms with Crippen molar-refractivity contribution in [3.8, 4) is 24.7 Å². The topological polar surface area (TPSA) is 27.7 Å². The van der Waals surface area contributed by atoms with E-state index in [1.54, 1.807) is 0 Å². The fourth-order valence-electron chi connectivity index (χ4n) is 3.48. The Morgan fingerprint density at radius 1 is 0.826 bits per heavy atom. The minimum absolute atomic E-state index is 0.0552. The summed E-state index contributed by atoms with van der Waals surface area (Å²) >= 11 is 0. The summed E-state index contributed by atoms with van der Waals surface area (Å²) in [6.45, 7) is 1.66. The molecule has 0 radical (unpaired) electrons. The molecule has 0 spiro atoms. The van der Waals surface area contributed by atoms with Gasteiger partial charge in [-0.05, 0) is 51.4 Å². The van der Waals surface area contributed by atoms with Crippen molar-refractivity contribution in [1.82, 2.24) is 0 Å². The predicted octanol–water partition coefficient (Wildman–Crippen LogP) is 3.71. The molecule has 2 saturated heterocycles. The van der Waals surface area contributed by atoms with E-state index in [0.29, 0.717) is 0 Å². The van der Waals surface area contributed by atoms with E-state index in [9.17, 15) is 0 Å². The lowest BCUT2D eigenvalue weighted by atomic mass is 9.97. The number of rotatable bonds is 8. The van der Waals surface area contributed by atoms with Crippen LogP contribution in [0.15, 0.2) is 0 Å². The first-order valence-electron chi connectivity index (χ1n) is 9.10. The van der Waals surface area contributed by atoms with Crippen molar-refractivity contribution < 1.29 is 14.2 Å². The Morgan fingerprint density at radius 2 is 1.30 bits per heavy atom. The zero-order valence-corrected chi connectivity index (χ0v) is 14.2. The van der Waals surface area contributed by atoms with Gasteiger partial charge in [-0.25, -0.2) is 0 Å². The van der Waals surface area contributed by atoms with Crippen molar-refractivity contribution in [2.75, 3.05) is 13.2 Å². The molecule has 3 nitrogen and oxygen atoms in total. The van der Waals surface area contributed by atoms with E-state index in [1.807, 2.05) is 0 Å². The molecule has 0 bridgehead atoms. The SMILES string of the molecule is C#CCCC(OC(CCC#C)C1CCCCO1)C1CCCCO1. The maximum atomic E-state index is 6.49. The number of hydrogen-bond donors (Lipinski definition) is 0. The van der Waals surface area contributed by atoms with Crippen LogP contribution < -0.4 is 0 Å². The fraction of sp³-hybridized carbons (Fsp3) is 0.800. The predicted molar refractivity (Wildman–Crippen MR) is 92.0 cm³/mol. The summed E-state index contributed by atoms with van der Waals surface area (Å²) < 4.78 is 18.4. The third-order valence-corrected chi connectivity index (χ3v) is 4.76. The summed E-state index contributed by atoms with van der Waals surface area (Å²) in [5.74, 6) is 5.47. The largest absolute Gasteiger partial charge is 0.376 e. The Morgan fingerprint density at radius 3 is 1.65 bits per heavy atom. The molecule has 0 saturated carbocycles. The number of ether oxygens (including phenoxy) is 3. The summed E-state index contributed by atoms with van der Waals surface area (Å²) in [5, 5.41) is 0. The van der Waals surface area contributed by atoms with Crippen molar-refractivity contribution in [1.29, 1.82) is 0 Å². The Balaban J connectivity index is 1.98. The maximum Gasteiger partial charge on any atom is 0.0850 e. The third-order valence-electron chi connectivity index (χ3n) is 4.76. The first-order valence-corrected chi connectivity index (χ1v) is 9.10. The molecule has 0 aromatic heterocycles. The summed E-state index contributed by atoms with van der Waals surface area (Å²) in [4.78, 5) is 0. The molecule has 4 atom stereocenters. The molecule has 3 heteroatoms. The normalized spacial score (nSPS) is 27.6. The molecule has 2 heterocycles. The minimum atomic E-state index is 0.0552. The molecule has 0 N–H and O–H groups in total. The highest BCUT2D eigenvalue weighted by Gasteiger charge is 2.32. The van der Waals surface area contributed by atoms with Crippen molar-refractivity contribution in [2.24, 2.45) is 0 Å². The summed E-state index contributed by atoms with van der Waals surface area (Å²) in [7, 11) is 0. The van der Waals surface area contributed by atoms with Crippen LogP contribution in [-0.4, -0.2) is 37.6 Å². The van der Waals surface area contributed by atoms with Crippen molar-refractivity contribution in [2.45, 2.75) is 88.6 Å². The first-order chi connectivity index (χ1) is 11.3. The van der Waals surface area contributed by atoms with E-state index in [4.69, 9.17) is 27.1 Å². The van der Waals surface area contributed by atoms with Gasteiger partial charge in [-0.3, -0.25) is 0 Å². The van der Waals surface area contributed by atoms with Crippen LogP contribution >= 0.6 is 0 Å². The summed E-state index contributed by atoms with van der Waals surface area (Å²) in [6, 6.07) is 0. The van der Waals surface area contributed by atoms with Gasteiger partial charge in [-0.2, -0.15) is 0 Å². The van der Waals surface area contributed by atoms with E-state index >= 15 is 0 Å². The van der Waals surface area contributed by atoms with Crippen LogP contribution in [0.4, 0.5) is 0 Å². The fourth-order valence-corrected chi connectivity index (χ4v) is 3.48. The molecule has 2 aliphatic rings. The van der Waals surface area contributed by atoms with Crippen LogP contribution in [0.2, 0.25) is 0 Å². The van der Waals surface area contributed by atoms with E-state index < -0.39 is 0 Å². The van der Waals surface area contributed by atoms with Crippen LogP contribution in [0.25, 0.3) is 0 Å². The van der Waals surface area contributed by atoms with Crippen LogP contribution in [0.3, 0.4) is 0 Å². The zero-order chi connectivity index (χ0) is 16.3. The Labute approximate surface area is 141 Å². The van der Waals surface area contributed by atoms with Gasteiger partial charge in [-0.15, -0.1) is 24.7 Å². The van der Waals surface area contributed by atoms with Crippen LogP contribution in [-0.2, 0) is 14.2 Å². The van der Waals surface area contributed by atoms with Gasteiger partial charge in [0.2, 0.25) is 0 Å². The van der Waals surface area contributed by atoms with E-state index in [-0.39, 0.29) is 24.4 Å². The molecular formula is C20H30O3. The van der Waals surface area contributed by atoms with E-state index in [0.717, 1.165) is 64.6 Å². The monoisotopic (exact) mass is 318 g/mol. The van der Waals surface area contributed by atoms with E-state index in [1.165, 1.54) is 12.8 Å². The highest BCUT2D eigenvalue weighted by molar-refractivity contribution is 4.90. The summed E-state index contributed by atoms with van der Waals surface area (Å²) in [6.07, 6.45) is 21.3. The lowest BCUT2D eigenvalue weighted by Crippen LogP contribution is -2.42. The molecule has 2 fully saturated rings. The number of terminal acetylenes is 2. The molecule has 2 rings (SSSR count). The summed E-state index contributed by atoms with van der Waals surface area (Å²) in [5.41, 5.74) is 0. The molecule has 4 unspecified atom stereocenters. The Hall–Kier alpha value is -1.00. The van der Waals surface area contributed by atoms with Crippen molar-refractivity contribution >= 4 is 0 Å². The second kappa shape index (κ2) is 10.7. The second-order valence-electron chi connectivity index (χ2n) is 6.51. The second-order valence-corrected chi connectivity index (χ2v) is 6.51. The Bertz CT molecular complexity index is 356.